The van der Waals surface area contributed by atoms with Crippen LogP contribution in [-0.2, 0) is 19.3 Å². The Balaban J connectivity index is 0.000000113. The highest BCUT2D eigenvalue weighted by atomic mass is 19.1. The van der Waals surface area contributed by atoms with Gasteiger partial charge < -0.3 is 29.7 Å². The number of H-pyrrole nitrogens is 3. The molecule has 6 bridgehead atoms. The van der Waals surface area contributed by atoms with Gasteiger partial charge in [-0.25, -0.2) is 28.1 Å². The largest absolute Gasteiger partial charge is 0.345 e. The number of carbonyl (C=O) groups is 3. The van der Waals surface area contributed by atoms with Crippen molar-refractivity contribution in [1.29, 1.82) is 0 Å². The van der Waals surface area contributed by atoms with Crippen LogP contribution in [-0.4, -0.2) is 118 Å². The van der Waals surface area contributed by atoms with E-state index in [4.69, 9.17) is 15.0 Å². The van der Waals surface area contributed by atoms with Crippen molar-refractivity contribution in [2.24, 2.45) is 71.0 Å². The number of benzene rings is 6. The Kier molecular flexibility index (Phi) is 17.6. The number of hydrogen-bond donors (Lipinski definition) is 3. The number of nitrogens with zero attached hydrogens (tertiary/aromatic N) is 9. The third kappa shape index (κ3) is 13.0. The summed E-state index contributed by atoms with van der Waals surface area (Å²) in [5, 5.41) is 2.94. The second-order valence-corrected chi connectivity index (χ2v) is 33.1. The molecule has 6 aromatic carbocycles. The molecule has 8 aliphatic rings. The van der Waals surface area contributed by atoms with Gasteiger partial charge in [-0.3, -0.25) is 29.3 Å². The fraction of sp³-hybridized carbons (Fsp3) is 0.420. The standard InChI is InChI=1S/C30H31FN4O.C29H29FN4O.C29H31FN4O/c1-17(11-29-33-27-5-3-18(15-28(27)34-29)30(36)35-9-2-10-35)23-13-20-12-19(23)14-24(20)22-7-8-32-26-6-4-21(31)16-25(22)26;1-16(10-28-32-26-4-2-17(14-27(26)33-28)29(35)34-8-9-34)22-12-19-11-18(22)13-23(19)21-6-7-31-25-5-3-20(30)15-24(21)25;1-16(10-28-32-26-6-4-17(14-27(26)33-28)29(35)34(2)3)22-12-19-11-18(22)13-23(19)21-8-9-31-25-7-5-20(30)15-24(21)25/h3-8,15-17,19-20,23-24H,2,9-14H2,1H3,(H,33,34);2-7,14-16,18-19,22-23H,8-13H2,1H3,(H,32,33);4-9,14-16,18-19,22-23H,10-13H2,1-3H3,(H,32,33)/t17-,19?,20?,23?,24?;2*16-,18?,19?,22?,23?/m111/s1. The number of fused-ring (bicyclic) bond motifs is 12. The normalized spacial score (nSPS) is 25.5. The summed E-state index contributed by atoms with van der Waals surface area (Å²) in [6.07, 6.45) is 20.5. The molecular weight excluding hydrogens is 1330 g/mol. The van der Waals surface area contributed by atoms with E-state index in [-0.39, 0.29) is 35.2 Å². The molecule has 542 valence electrons. The summed E-state index contributed by atoms with van der Waals surface area (Å²) in [6, 6.07) is 38.5. The number of likely N-dealkylation sites (tertiary alicyclic amines) is 1. The molecule has 15 nitrogen and oxygen atoms in total. The molecule has 18 heteroatoms. The maximum absolute atomic E-state index is 14.0. The minimum atomic E-state index is -0.189. The van der Waals surface area contributed by atoms with Gasteiger partial charge in [-0.2, -0.15) is 0 Å². The maximum Gasteiger partial charge on any atom is 0.254 e. The van der Waals surface area contributed by atoms with Gasteiger partial charge in [-0.05, 0) is 297 Å². The fourth-order valence-corrected chi connectivity index (χ4v) is 21.2. The van der Waals surface area contributed by atoms with Crippen LogP contribution in [0.1, 0.15) is 168 Å². The first kappa shape index (κ1) is 68.0. The van der Waals surface area contributed by atoms with Crippen LogP contribution in [0.3, 0.4) is 0 Å². The smallest absolute Gasteiger partial charge is 0.254 e. The molecule has 6 saturated carbocycles. The van der Waals surface area contributed by atoms with E-state index < -0.39 is 0 Å². The van der Waals surface area contributed by atoms with Crippen molar-refractivity contribution in [2.75, 3.05) is 40.3 Å². The molecule has 8 fully saturated rings. The van der Waals surface area contributed by atoms with Gasteiger partial charge in [0, 0.05) is 111 Å². The lowest BCUT2D eigenvalue weighted by atomic mass is 9.73. The Hall–Kier alpha value is -9.84. The quantitative estimate of drug-likeness (QED) is 0.0840. The molecule has 3 amide bonds. The molecule has 0 radical (unpaired) electrons. The molecule has 12 aromatic rings. The Morgan fingerprint density at radius 2 is 0.736 bits per heavy atom. The van der Waals surface area contributed by atoms with Crippen molar-refractivity contribution in [2.45, 2.75) is 122 Å². The van der Waals surface area contributed by atoms with Crippen LogP contribution in [0, 0.1) is 88.5 Å². The van der Waals surface area contributed by atoms with Crippen molar-refractivity contribution in [3.8, 4) is 0 Å². The predicted molar refractivity (Wildman–Crippen MR) is 408 cm³/mol. The van der Waals surface area contributed by atoms with Crippen molar-refractivity contribution >= 4 is 83.5 Å². The van der Waals surface area contributed by atoms with E-state index >= 15 is 0 Å². The lowest BCUT2D eigenvalue weighted by molar-refractivity contribution is 0.0651. The molecule has 6 aliphatic carbocycles. The van der Waals surface area contributed by atoms with E-state index in [1.54, 1.807) is 55.4 Å². The first-order chi connectivity index (χ1) is 51.4. The first-order valence-electron chi connectivity index (χ1n) is 38.8. The predicted octanol–water partition coefficient (Wildman–Crippen LogP) is 17.8. The number of amides is 3. The van der Waals surface area contributed by atoms with Gasteiger partial charge in [0.1, 0.15) is 34.9 Å². The van der Waals surface area contributed by atoms with Crippen molar-refractivity contribution in [1.82, 2.24) is 59.6 Å². The second-order valence-electron chi connectivity index (χ2n) is 33.1. The minimum Gasteiger partial charge on any atom is -0.345 e. The molecule has 15 atom stereocenters. The van der Waals surface area contributed by atoms with Gasteiger partial charge >= 0.3 is 0 Å². The average Bonchev–Trinajstić information content (AvgIpc) is 1.58. The molecular formula is C88H91F3N12O3. The Morgan fingerprint density at radius 3 is 1.05 bits per heavy atom. The molecule has 2 saturated heterocycles. The summed E-state index contributed by atoms with van der Waals surface area (Å²) in [6.45, 7) is 10.5. The molecule has 3 N–H and O–H groups in total. The number of carbonyl (C=O) groups excluding carboxylic acids is 3. The van der Waals surface area contributed by atoms with Crippen LogP contribution in [0.2, 0.25) is 0 Å². The van der Waals surface area contributed by atoms with Gasteiger partial charge in [-0.15, -0.1) is 0 Å². The number of pyridine rings is 3. The summed E-state index contributed by atoms with van der Waals surface area (Å²) in [5.74, 6) is 11.9. The monoisotopic (exact) mass is 1420 g/mol. The fourth-order valence-electron chi connectivity index (χ4n) is 21.2. The number of aromatic amines is 3. The van der Waals surface area contributed by atoms with Gasteiger partial charge in [0.25, 0.3) is 17.7 Å². The highest BCUT2D eigenvalue weighted by Crippen LogP contribution is 2.61. The summed E-state index contributed by atoms with van der Waals surface area (Å²) in [4.78, 5) is 80.9. The van der Waals surface area contributed by atoms with Gasteiger partial charge in [0.15, 0.2) is 0 Å². The van der Waals surface area contributed by atoms with E-state index in [2.05, 4.69) is 68.9 Å². The van der Waals surface area contributed by atoms with Crippen LogP contribution >= 0.6 is 0 Å². The van der Waals surface area contributed by atoms with Crippen LogP contribution in [0.25, 0.3) is 65.8 Å². The number of aromatic nitrogens is 9. The summed E-state index contributed by atoms with van der Waals surface area (Å²) in [7, 11) is 3.53. The molecule has 6 aromatic heterocycles. The highest BCUT2D eigenvalue weighted by molar-refractivity contribution is 6.00. The van der Waals surface area contributed by atoms with Gasteiger partial charge in [-0.1, -0.05) is 20.8 Å². The molecule has 8 heterocycles. The number of rotatable bonds is 15. The molecule has 20 rings (SSSR count). The van der Waals surface area contributed by atoms with Crippen molar-refractivity contribution < 1.29 is 27.6 Å². The summed E-state index contributed by atoms with van der Waals surface area (Å²) < 4.78 is 42.0. The third-order valence-corrected chi connectivity index (χ3v) is 26.5. The highest BCUT2D eigenvalue weighted by Gasteiger charge is 2.51. The van der Waals surface area contributed by atoms with Gasteiger partial charge in [0.05, 0.1) is 49.7 Å². The van der Waals surface area contributed by atoms with Gasteiger partial charge in [0.2, 0.25) is 0 Å². The number of imidazole rings is 3. The second kappa shape index (κ2) is 27.5. The lowest BCUT2D eigenvalue weighted by Gasteiger charge is -2.32. The van der Waals surface area contributed by atoms with E-state index in [9.17, 15) is 27.6 Å². The zero-order valence-electron chi connectivity index (χ0n) is 60.9. The lowest BCUT2D eigenvalue weighted by Crippen LogP contribution is -2.41. The van der Waals surface area contributed by atoms with Crippen molar-refractivity contribution in [3.05, 3.63) is 214 Å². The Labute approximate surface area is 615 Å². The zero-order chi connectivity index (χ0) is 72.3. The van der Waals surface area contributed by atoms with Crippen LogP contribution < -0.4 is 0 Å². The van der Waals surface area contributed by atoms with Crippen LogP contribution in [0.15, 0.2) is 146 Å². The zero-order valence-corrected chi connectivity index (χ0v) is 60.9. The summed E-state index contributed by atoms with van der Waals surface area (Å²) in [5.41, 5.74) is 14.2. The van der Waals surface area contributed by atoms with Crippen molar-refractivity contribution in [3.63, 3.8) is 0 Å². The summed E-state index contributed by atoms with van der Waals surface area (Å²) >= 11 is 0. The molecule has 12 unspecified atom stereocenters. The first-order valence-corrected chi connectivity index (χ1v) is 38.8. The number of hydrogen-bond acceptors (Lipinski definition) is 9. The number of nitrogens with one attached hydrogen (secondary N) is 3. The van der Waals surface area contributed by atoms with E-state index in [1.165, 1.54) is 92.7 Å². The van der Waals surface area contributed by atoms with Crippen LogP contribution in [0.5, 0.6) is 0 Å². The van der Waals surface area contributed by atoms with E-state index in [0.717, 1.165) is 146 Å². The SMILES string of the molecule is C[C@H](Cc1nc2ccc(C(=O)N(C)C)cc2[nH]1)C1CC2CC1CC2c1ccnc2ccc(F)cc12.C[C@H](Cc1nc2ccc(C(=O)N3CC3)cc2[nH]1)C1CC2CC1CC2c1ccnc2ccc(F)cc12.C[C@H](Cc1nc2ccc(C(=O)N3CCC3)cc2[nH]1)C1CC2CC1CC2c1ccnc2ccc(F)cc12. The maximum atomic E-state index is 14.0. The topological polar surface area (TPSA) is 185 Å². The number of halogens is 3. The average molecular weight is 1420 g/mol. The Morgan fingerprint density at radius 1 is 0.406 bits per heavy atom. The molecule has 106 heavy (non-hydrogen) atoms. The van der Waals surface area contributed by atoms with E-state index in [0.29, 0.717) is 94.3 Å². The third-order valence-electron chi connectivity index (χ3n) is 26.5. The van der Waals surface area contributed by atoms with E-state index in [1.807, 2.05) is 83.0 Å². The molecule has 0 spiro atoms. The minimum absolute atomic E-state index is 0.00216. The molecule has 2 aliphatic heterocycles. The Bertz CT molecular complexity index is 5200. The van der Waals surface area contributed by atoms with Crippen LogP contribution in [0.4, 0.5) is 13.2 Å².